The highest BCUT2D eigenvalue weighted by molar-refractivity contribution is 5.86. The first kappa shape index (κ1) is 99.6. The lowest BCUT2D eigenvalue weighted by Gasteiger charge is -2.50. The van der Waals surface area contributed by atoms with Crippen molar-refractivity contribution in [2.45, 2.75) is 379 Å². The van der Waals surface area contributed by atoms with E-state index in [-0.39, 0.29) is 74.4 Å². The molecule has 8 aliphatic heterocycles. The SMILES string of the molecule is CCNN1C(=O)O[C@]2(C)[C@@H](CC)OC(=O)[C@H](C)[C@@H](OC3CC(C)(OC)C(O)C(C)O3)[C@H](C)[C@@H](O[C@@H]3O[C@H](C)C[C@H](N(C)C)[C@H]3O)[C@](C)(OC)C[C@@H](C)C(=O)[C@H](C)[C@@H]12.CCNN1C(=O)O[C@]2(C)[C@@H](CC)OC(=O)[C@H](C)[C@@H](OC3CC(C)(OC)C(OC(C)=O)C(C)O3)[C@H](C)[C@@H](O[C@@H]3O[C@H](C)C[C@H](N(C)C)[C@H]3O)[C@](C)(OC)C[C@@H](C)C(=O)[C@H](C)[C@@H]12. The number of hydrogen-bond donors (Lipinski definition) is 5. The van der Waals surface area contributed by atoms with Crippen molar-refractivity contribution in [2.75, 3.05) is 69.7 Å². The molecular weight excluding hydrogens is 1520 g/mol. The van der Waals surface area contributed by atoms with E-state index in [1.54, 1.807) is 69.4 Å². The number of amides is 2. The molecule has 8 saturated heterocycles. The number of ether oxygens (including phenoxy) is 17. The zero-order chi connectivity index (χ0) is 88.2. The largest absolute Gasteiger partial charge is 0.458 e. The fourth-order valence-corrected chi connectivity index (χ4v) is 20.1. The van der Waals surface area contributed by atoms with Crippen LogP contribution in [0.3, 0.4) is 0 Å². The number of esters is 3. The average Bonchev–Trinajstić information content (AvgIpc) is 1.65. The number of hydrogen-bond acceptors (Lipinski definition) is 31. The quantitative estimate of drug-likeness (QED) is 0.0550. The summed E-state index contributed by atoms with van der Waals surface area (Å²) in [6, 6.07) is -2.27. The Balaban J connectivity index is 0.000000324. The van der Waals surface area contributed by atoms with Crippen LogP contribution in [0.15, 0.2) is 0 Å². The van der Waals surface area contributed by atoms with E-state index in [0.717, 1.165) is 0 Å². The molecule has 0 spiro atoms. The number of ketones is 2. The van der Waals surface area contributed by atoms with Crippen LogP contribution in [-0.4, -0.2) is 315 Å². The molecule has 0 aromatic heterocycles. The van der Waals surface area contributed by atoms with Crippen LogP contribution in [-0.2, 0) is 104 Å². The Labute approximate surface area is 695 Å². The highest BCUT2D eigenvalue weighted by Gasteiger charge is 2.64. The number of aliphatic hydroxyl groups is 3. The van der Waals surface area contributed by atoms with Crippen LogP contribution >= 0.6 is 0 Å². The minimum Gasteiger partial charge on any atom is -0.458 e. The third-order valence-corrected chi connectivity index (χ3v) is 27.0. The first-order valence-electron chi connectivity index (χ1n) is 42.4. The summed E-state index contributed by atoms with van der Waals surface area (Å²) in [5, 5.41) is 37.2. The van der Waals surface area contributed by atoms with Gasteiger partial charge in [0.1, 0.15) is 59.8 Å². The number of fused-ring (bicyclic) bond motifs is 2. The second kappa shape index (κ2) is 40.5. The Morgan fingerprint density at radius 2 is 0.821 bits per heavy atom. The normalized spacial score (nSPS) is 45.7. The number of methoxy groups -OCH3 is 4. The van der Waals surface area contributed by atoms with Crippen LogP contribution < -0.4 is 10.9 Å². The van der Waals surface area contributed by atoms with Gasteiger partial charge in [-0.05, 0) is 150 Å². The summed E-state index contributed by atoms with van der Waals surface area (Å²) in [6.07, 6.45) is -14.8. The molecule has 0 radical (unpaired) electrons. The van der Waals surface area contributed by atoms with Gasteiger partial charge in [-0.15, -0.1) is 0 Å². The van der Waals surface area contributed by atoms with Gasteiger partial charge in [0, 0.05) is 109 Å². The Hall–Kier alpha value is -4.47. The summed E-state index contributed by atoms with van der Waals surface area (Å²) in [4.78, 5) is 102. The number of cyclic esters (lactones) is 2. The lowest BCUT2D eigenvalue weighted by atomic mass is 9.73. The number of hydrazine groups is 2. The fourth-order valence-electron chi connectivity index (χ4n) is 20.1. The summed E-state index contributed by atoms with van der Waals surface area (Å²) in [5.74, 6) is -8.34. The van der Waals surface area contributed by atoms with Gasteiger partial charge < -0.3 is 106 Å². The Morgan fingerprint density at radius 3 is 1.15 bits per heavy atom. The second-order valence-electron chi connectivity index (χ2n) is 36.3. The van der Waals surface area contributed by atoms with Gasteiger partial charge in [0.2, 0.25) is 0 Å². The van der Waals surface area contributed by atoms with Gasteiger partial charge in [0.15, 0.2) is 42.5 Å². The molecular formula is C84H148N6O27. The molecule has 0 saturated carbocycles. The fraction of sp³-hybridized carbons (Fsp3) is 0.917. The van der Waals surface area contributed by atoms with E-state index in [2.05, 4.69) is 10.9 Å². The van der Waals surface area contributed by atoms with Crippen LogP contribution in [0.4, 0.5) is 9.59 Å². The maximum Gasteiger partial charge on any atom is 0.425 e. The minimum absolute atomic E-state index is 0.118. The molecule has 8 fully saturated rings. The number of nitrogens with one attached hydrogen (secondary N) is 2. The number of aliphatic hydroxyl groups excluding tert-OH is 3. The van der Waals surface area contributed by atoms with Crippen molar-refractivity contribution in [3.63, 3.8) is 0 Å². The molecule has 117 heavy (non-hydrogen) atoms. The smallest absolute Gasteiger partial charge is 0.425 e. The highest BCUT2D eigenvalue weighted by atomic mass is 16.7. The van der Waals surface area contributed by atoms with Gasteiger partial charge in [0.25, 0.3) is 0 Å². The number of rotatable bonds is 21. The second-order valence-corrected chi connectivity index (χ2v) is 36.3. The molecule has 0 bridgehead atoms. The highest BCUT2D eigenvalue weighted by Crippen LogP contribution is 2.49. The van der Waals surface area contributed by atoms with Crippen molar-refractivity contribution < 1.29 is 129 Å². The van der Waals surface area contributed by atoms with Crippen molar-refractivity contribution in [3.8, 4) is 0 Å². The maximum atomic E-state index is 14.7. The third kappa shape index (κ3) is 21.1. The zero-order valence-corrected chi connectivity index (χ0v) is 75.8. The van der Waals surface area contributed by atoms with E-state index < -0.39 is 222 Å². The van der Waals surface area contributed by atoms with Gasteiger partial charge in [-0.1, -0.05) is 69.2 Å². The van der Waals surface area contributed by atoms with E-state index in [4.69, 9.17) is 80.5 Å². The molecule has 8 rings (SSSR count). The molecule has 8 unspecified atom stereocenters. The molecule has 33 heteroatoms. The summed E-state index contributed by atoms with van der Waals surface area (Å²) in [6.45, 7) is 41.8. The molecule has 8 heterocycles. The monoisotopic (exact) mass is 1670 g/mol. The Morgan fingerprint density at radius 1 is 0.479 bits per heavy atom. The van der Waals surface area contributed by atoms with Crippen molar-refractivity contribution >= 4 is 41.7 Å². The molecule has 8 aliphatic rings. The number of Topliss-reactive ketones (excluding diaryl/α,β-unsaturated/α-hetero) is 2. The molecule has 0 aliphatic carbocycles. The van der Waals surface area contributed by atoms with Gasteiger partial charge in [-0.25, -0.2) is 30.5 Å². The zero-order valence-electron chi connectivity index (χ0n) is 75.8. The van der Waals surface area contributed by atoms with E-state index >= 15 is 0 Å². The number of nitrogens with zero attached hydrogens (tertiary/aromatic N) is 4. The summed E-state index contributed by atoms with van der Waals surface area (Å²) < 4.78 is 108. The van der Waals surface area contributed by atoms with Crippen LogP contribution in [0.25, 0.3) is 0 Å². The van der Waals surface area contributed by atoms with Crippen molar-refractivity contribution in [2.24, 2.45) is 47.3 Å². The van der Waals surface area contributed by atoms with E-state index in [9.17, 15) is 48.9 Å². The van der Waals surface area contributed by atoms with Gasteiger partial charge >= 0.3 is 30.1 Å². The Kier molecular flexibility index (Phi) is 34.4. The van der Waals surface area contributed by atoms with Gasteiger partial charge in [-0.2, -0.15) is 0 Å². The van der Waals surface area contributed by atoms with E-state index in [1.165, 1.54) is 38.3 Å². The molecule has 5 N–H and O–H groups in total. The molecule has 0 aromatic rings. The first-order valence-corrected chi connectivity index (χ1v) is 42.4. The van der Waals surface area contributed by atoms with Crippen molar-refractivity contribution in [1.82, 2.24) is 30.7 Å². The van der Waals surface area contributed by atoms with Crippen LogP contribution in [0, 0.1) is 47.3 Å². The van der Waals surface area contributed by atoms with Gasteiger partial charge in [0.05, 0.1) is 77.5 Å². The standard InChI is InChI=1S/C43H75N3O14.C41H73N3O13/c1-17-30-43(12)35(46(44-18-2)40(51)60-43)24(5)32(48)22(3)20-41(10,52-15)36(59-39-33(49)29(45(13)14)19-23(4)54-39)25(6)34(26(7)38(50)57-30)58-31-21-42(11,53-16)37(27(8)55-31)56-28(9)47;1-16-28-41(11)33(44(42-17-2)38(49)57-41)23(5)30(45)21(3)19-40(10,51-15)35(56-37-31(46)27(43(12)13)18-22(4)52-37)24(6)32(25(7)36(48)54-28)55-29-20-39(9,50-14)34(47)26(8)53-29/h22-27,29-31,33-37,39,44,49H,17-21H2,1-16H3;21-29,31-35,37,42,46-47H,16-20H2,1-15H3/t22-,23-,24+,25+,26-,27?,29+,30-,31?,33-,34+,35-,36-,37?,39+,41-,42?,43-;21-,22-,23+,24+,25-,26?,27+,28-,29?,31-,32+,33-,34?,35-,37+,39?,40-,41-/m11/s1. The summed E-state index contributed by atoms with van der Waals surface area (Å²) in [7, 11) is 13.7. The number of likely N-dealkylation sites (N-methyl/N-ethyl adjacent to an activating group) is 2. The predicted octanol–water partition coefficient (Wildman–Crippen LogP) is 7.43. The van der Waals surface area contributed by atoms with Crippen molar-refractivity contribution in [1.29, 1.82) is 0 Å². The summed E-state index contributed by atoms with van der Waals surface area (Å²) in [5.41, 5.74) is -1.25. The molecule has 676 valence electrons. The third-order valence-electron chi connectivity index (χ3n) is 27.0. The minimum atomic E-state index is -1.43. The molecule has 2 amide bonds. The van der Waals surface area contributed by atoms with Gasteiger partial charge in [-0.3, -0.25) is 24.0 Å². The summed E-state index contributed by atoms with van der Waals surface area (Å²) >= 11 is 0. The average molecular weight is 1670 g/mol. The van der Waals surface area contributed by atoms with E-state index in [1.807, 2.05) is 128 Å². The first-order chi connectivity index (χ1) is 54.5. The number of carbonyl (C=O) groups excluding carboxylic acids is 7. The van der Waals surface area contributed by atoms with E-state index in [0.29, 0.717) is 25.9 Å². The maximum absolute atomic E-state index is 14.7. The van der Waals surface area contributed by atoms with Crippen LogP contribution in [0.2, 0.25) is 0 Å². The lowest BCUT2D eigenvalue weighted by molar-refractivity contribution is -0.320. The number of carbonyl (C=O) groups is 7. The van der Waals surface area contributed by atoms with Crippen LogP contribution in [0.1, 0.15) is 211 Å². The van der Waals surface area contributed by atoms with Crippen molar-refractivity contribution in [3.05, 3.63) is 0 Å². The molecule has 33 nitrogen and oxygen atoms in total. The lowest BCUT2D eigenvalue weighted by Crippen LogP contribution is -2.62. The topological polar surface area (TPSA) is 374 Å². The molecule has 0 aromatic carbocycles. The Bertz CT molecular complexity index is 3310. The van der Waals surface area contributed by atoms with Crippen LogP contribution in [0.5, 0.6) is 0 Å². The molecule has 36 atom stereocenters. The predicted molar refractivity (Wildman–Crippen MR) is 427 cm³/mol.